The Balaban J connectivity index is 1.91. The Kier molecular flexibility index (Phi) is 7.70. The van der Waals surface area contributed by atoms with E-state index in [0.717, 1.165) is 11.1 Å². The van der Waals surface area contributed by atoms with Gasteiger partial charge in [0.05, 0.1) is 44.8 Å². The smallest absolute Gasteiger partial charge is 0.0709 e. The molecular weight excluding hydrogens is 368 g/mol. The van der Waals surface area contributed by atoms with Gasteiger partial charge in [-0.2, -0.15) is 0 Å². The van der Waals surface area contributed by atoms with E-state index in [1.54, 1.807) is 31.2 Å². The summed E-state index contributed by atoms with van der Waals surface area (Å²) < 4.78 is 24.9. The van der Waals surface area contributed by atoms with Crippen molar-refractivity contribution in [3.63, 3.8) is 0 Å². The van der Waals surface area contributed by atoms with Crippen LogP contribution in [0.3, 0.4) is 0 Å². The van der Waals surface area contributed by atoms with Crippen LogP contribution in [-0.2, 0) is 21.6 Å². The summed E-state index contributed by atoms with van der Waals surface area (Å²) in [4.78, 5) is 1.31. The molecule has 0 amide bonds. The van der Waals surface area contributed by atoms with Crippen molar-refractivity contribution < 1.29 is 18.6 Å². The molecule has 0 aliphatic rings. The quantitative estimate of drug-likeness (QED) is 0.722. The minimum atomic E-state index is -1.37. The summed E-state index contributed by atoms with van der Waals surface area (Å²) in [7, 11) is -2.71. The van der Waals surface area contributed by atoms with Gasteiger partial charge < -0.3 is 10.2 Å². The largest absolute Gasteiger partial charge is 0.392 e. The van der Waals surface area contributed by atoms with E-state index < -0.39 is 39.1 Å². The van der Waals surface area contributed by atoms with Crippen LogP contribution in [-0.4, -0.2) is 41.8 Å². The molecule has 0 heterocycles. The van der Waals surface area contributed by atoms with Crippen molar-refractivity contribution in [3.8, 4) is 0 Å². The molecule has 5 atom stereocenters. The summed E-state index contributed by atoms with van der Waals surface area (Å²) in [5.74, 6) is 0.0456. The summed E-state index contributed by atoms with van der Waals surface area (Å²) in [6.45, 7) is 5.60. The predicted molar refractivity (Wildman–Crippen MR) is 106 cm³/mol. The van der Waals surface area contributed by atoms with E-state index >= 15 is 0 Å². The molecule has 0 aromatic heterocycles. The molecule has 2 aromatic rings. The molecule has 142 valence electrons. The highest BCUT2D eigenvalue weighted by Gasteiger charge is 2.25. The van der Waals surface area contributed by atoms with Crippen molar-refractivity contribution in [1.29, 1.82) is 0 Å². The number of benzene rings is 2. The van der Waals surface area contributed by atoms with Gasteiger partial charge in [-0.1, -0.05) is 35.4 Å². The van der Waals surface area contributed by atoms with E-state index in [4.69, 9.17) is 0 Å². The second-order valence-electron chi connectivity index (χ2n) is 6.60. The monoisotopic (exact) mass is 394 g/mol. The normalized spacial score (nSPS) is 17.3. The standard InChI is InChI=1S/C20H26O4S2/c1-14-4-8-18(9-5-14)25(23)13-17(21)12-20(22)16(3)26(24)19-10-6-15(2)7-11-19/h4-11,16-17,20-22H,12-13H2,1-3H3/t16-,17+,20+,25?,26?/m1/s1. The second kappa shape index (κ2) is 9.55. The number of hydrogen-bond donors (Lipinski definition) is 2. The molecule has 6 heteroatoms. The molecule has 0 bridgehead atoms. The molecule has 2 unspecified atom stereocenters. The lowest BCUT2D eigenvalue weighted by molar-refractivity contribution is 0.0927. The minimum Gasteiger partial charge on any atom is -0.392 e. The summed E-state index contributed by atoms with van der Waals surface area (Å²) in [6, 6.07) is 14.7. The predicted octanol–water partition coefficient (Wildman–Crippen LogP) is 2.72. The molecule has 4 nitrogen and oxygen atoms in total. The fraction of sp³-hybridized carbons (Fsp3) is 0.400. The van der Waals surface area contributed by atoms with Crippen LogP contribution in [0.1, 0.15) is 24.5 Å². The zero-order chi connectivity index (χ0) is 19.3. The van der Waals surface area contributed by atoms with Crippen LogP contribution in [0.5, 0.6) is 0 Å². The van der Waals surface area contributed by atoms with Gasteiger partial charge in [0.25, 0.3) is 0 Å². The van der Waals surface area contributed by atoms with Gasteiger partial charge in [0.15, 0.2) is 0 Å². The molecule has 0 radical (unpaired) electrons. The molecule has 2 rings (SSSR count). The summed E-state index contributed by atoms with van der Waals surface area (Å²) >= 11 is 0. The zero-order valence-corrected chi connectivity index (χ0v) is 16.9. The van der Waals surface area contributed by atoms with E-state index in [9.17, 15) is 18.6 Å². The number of aliphatic hydroxyl groups is 2. The molecule has 0 saturated heterocycles. The minimum absolute atomic E-state index is 0.0381. The van der Waals surface area contributed by atoms with Crippen LogP contribution in [0.15, 0.2) is 58.3 Å². The number of aryl methyl sites for hydroxylation is 2. The van der Waals surface area contributed by atoms with Gasteiger partial charge in [0.2, 0.25) is 0 Å². The maximum absolute atomic E-state index is 12.6. The van der Waals surface area contributed by atoms with Crippen LogP contribution in [0.25, 0.3) is 0 Å². The highest BCUT2D eigenvalue weighted by molar-refractivity contribution is 7.85. The van der Waals surface area contributed by atoms with Gasteiger partial charge in [-0.15, -0.1) is 0 Å². The van der Waals surface area contributed by atoms with Crippen molar-refractivity contribution >= 4 is 21.6 Å². The Labute approximate surface area is 160 Å². The molecular formula is C20H26O4S2. The van der Waals surface area contributed by atoms with E-state index in [-0.39, 0.29) is 12.2 Å². The third-order valence-electron chi connectivity index (χ3n) is 4.27. The highest BCUT2D eigenvalue weighted by Crippen LogP contribution is 2.18. The molecule has 0 fully saturated rings. The third-order valence-corrected chi connectivity index (χ3v) is 7.49. The molecule has 0 spiro atoms. The third kappa shape index (κ3) is 5.84. The summed E-state index contributed by atoms with van der Waals surface area (Å²) in [5.41, 5.74) is 2.15. The highest BCUT2D eigenvalue weighted by atomic mass is 32.2. The lowest BCUT2D eigenvalue weighted by Gasteiger charge is -2.21. The van der Waals surface area contributed by atoms with Crippen LogP contribution >= 0.6 is 0 Å². The first-order chi connectivity index (χ1) is 12.3. The van der Waals surface area contributed by atoms with E-state index in [0.29, 0.717) is 9.79 Å². The fourth-order valence-corrected chi connectivity index (χ4v) is 4.88. The van der Waals surface area contributed by atoms with Gasteiger partial charge in [-0.3, -0.25) is 8.42 Å². The van der Waals surface area contributed by atoms with E-state index in [1.165, 1.54) is 0 Å². The maximum Gasteiger partial charge on any atom is 0.0709 e. The number of hydrogen-bond acceptors (Lipinski definition) is 4. The molecule has 2 N–H and O–H groups in total. The molecule has 2 aromatic carbocycles. The topological polar surface area (TPSA) is 74.6 Å². The van der Waals surface area contributed by atoms with E-state index in [2.05, 4.69) is 0 Å². The van der Waals surface area contributed by atoms with Crippen molar-refractivity contribution in [2.24, 2.45) is 0 Å². The lowest BCUT2D eigenvalue weighted by Crippen LogP contribution is -2.33. The maximum atomic E-state index is 12.6. The van der Waals surface area contributed by atoms with E-state index in [1.807, 2.05) is 38.1 Å². The first-order valence-corrected chi connectivity index (χ1v) is 11.1. The SMILES string of the molecule is Cc1ccc(S(=O)C[C@@H](O)C[C@H](O)[C@@H](C)S(=O)c2ccc(C)cc2)cc1. The zero-order valence-electron chi connectivity index (χ0n) is 15.3. The van der Waals surface area contributed by atoms with Crippen LogP contribution in [0.2, 0.25) is 0 Å². The molecule has 0 saturated carbocycles. The van der Waals surface area contributed by atoms with Crippen LogP contribution in [0, 0.1) is 13.8 Å². The lowest BCUT2D eigenvalue weighted by atomic mass is 10.1. The molecule has 0 aliphatic heterocycles. The Morgan fingerprint density at radius 3 is 1.81 bits per heavy atom. The Morgan fingerprint density at radius 2 is 1.31 bits per heavy atom. The first kappa shape index (κ1) is 21.0. The fourth-order valence-electron chi connectivity index (χ4n) is 2.53. The Hall–Kier alpha value is -1.34. The second-order valence-corrected chi connectivity index (χ2v) is 9.90. The number of rotatable bonds is 8. The molecule has 26 heavy (non-hydrogen) atoms. The van der Waals surface area contributed by atoms with Crippen molar-refractivity contribution in [1.82, 2.24) is 0 Å². The Morgan fingerprint density at radius 1 is 0.846 bits per heavy atom. The van der Waals surface area contributed by atoms with Gasteiger partial charge in [0.1, 0.15) is 0 Å². The van der Waals surface area contributed by atoms with Gasteiger partial charge in [-0.05, 0) is 45.0 Å². The van der Waals surface area contributed by atoms with Gasteiger partial charge in [-0.25, -0.2) is 0 Å². The van der Waals surface area contributed by atoms with Crippen molar-refractivity contribution in [2.45, 2.75) is 54.4 Å². The Bertz CT molecular complexity index is 756. The van der Waals surface area contributed by atoms with Gasteiger partial charge >= 0.3 is 0 Å². The van der Waals surface area contributed by atoms with Crippen molar-refractivity contribution in [2.75, 3.05) is 5.75 Å². The summed E-state index contributed by atoms with van der Waals surface area (Å²) in [6.07, 6.45) is -1.83. The summed E-state index contributed by atoms with van der Waals surface area (Å²) in [5, 5.41) is 20.0. The average Bonchev–Trinajstić information content (AvgIpc) is 2.61. The van der Waals surface area contributed by atoms with Crippen LogP contribution < -0.4 is 0 Å². The number of aliphatic hydroxyl groups excluding tert-OH is 2. The van der Waals surface area contributed by atoms with Gasteiger partial charge in [0, 0.05) is 16.2 Å². The van der Waals surface area contributed by atoms with Crippen LogP contribution in [0.4, 0.5) is 0 Å². The molecule has 0 aliphatic carbocycles. The average molecular weight is 395 g/mol. The van der Waals surface area contributed by atoms with Crippen molar-refractivity contribution in [3.05, 3.63) is 59.7 Å². The first-order valence-electron chi connectivity index (χ1n) is 8.56.